The summed E-state index contributed by atoms with van der Waals surface area (Å²) in [5.41, 5.74) is 4.47. The zero-order valence-corrected chi connectivity index (χ0v) is 24.8. The van der Waals surface area contributed by atoms with Gasteiger partial charge in [-0.1, -0.05) is 18.2 Å². The first kappa shape index (κ1) is 29.7. The molecule has 2 atom stereocenters. The number of likely N-dealkylation sites (tertiary alicyclic amines) is 1. The molecule has 224 valence electrons. The molecule has 2 aliphatic heterocycles. The van der Waals surface area contributed by atoms with Gasteiger partial charge in [-0.3, -0.25) is 4.79 Å². The second-order valence-corrected chi connectivity index (χ2v) is 10.9. The van der Waals surface area contributed by atoms with Crippen molar-refractivity contribution in [2.24, 2.45) is 5.92 Å². The number of carbonyl (C=O) groups excluding carboxylic acids is 2. The zero-order valence-electron chi connectivity index (χ0n) is 24.8. The Kier molecular flexibility index (Phi) is 9.81. The lowest BCUT2D eigenvalue weighted by atomic mass is 9.80. The van der Waals surface area contributed by atoms with Crippen molar-refractivity contribution in [3.05, 3.63) is 82.7 Å². The van der Waals surface area contributed by atoms with E-state index < -0.39 is 0 Å². The second kappa shape index (κ2) is 13.9. The van der Waals surface area contributed by atoms with Crippen molar-refractivity contribution in [1.29, 1.82) is 0 Å². The Morgan fingerprint density at radius 1 is 1.05 bits per heavy atom. The number of benzene rings is 2. The van der Waals surface area contributed by atoms with E-state index in [2.05, 4.69) is 22.3 Å². The van der Waals surface area contributed by atoms with Gasteiger partial charge in [0.15, 0.2) is 0 Å². The first-order chi connectivity index (χ1) is 20.5. The lowest BCUT2D eigenvalue weighted by molar-refractivity contribution is 0.0510. The van der Waals surface area contributed by atoms with Gasteiger partial charge in [0, 0.05) is 51.0 Å². The maximum atomic E-state index is 12.6. The quantitative estimate of drug-likeness (QED) is 0.238. The summed E-state index contributed by atoms with van der Waals surface area (Å²) in [7, 11) is 1.67. The predicted octanol–water partition coefficient (Wildman–Crippen LogP) is 4.43. The highest BCUT2D eigenvalue weighted by Gasteiger charge is 2.32. The number of hydrogen-bond donors (Lipinski definition) is 1. The molecule has 0 unspecified atom stereocenters. The standard InChI is InChI=1S/C33H41N3O6/c1-4-40-33(38)31-23(2)10-13-36(31)15-14-35-12-11-29(24-6-5-7-27(18-24)41-17-16-39-3)26(21-35)22-42-28-9-8-25-20-34-32(37)30(25)19-28/h5-10,13,18-19,26,29H,4,11-12,14-17,20-22H2,1-3H3,(H,34,37)/t26-,29-/m0/s1. The van der Waals surface area contributed by atoms with Crippen molar-refractivity contribution in [3.8, 4) is 11.5 Å². The van der Waals surface area contributed by atoms with Gasteiger partial charge in [-0.2, -0.15) is 0 Å². The van der Waals surface area contributed by atoms with Crippen LogP contribution in [0.15, 0.2) is 54.7 Å². The number of ether oxygens (including phenoxy) is 4. The van der Waals surface area contributed by atoms with Crippen LogP contribution in [0.4, 0.5) is 0 Å². The molecule has 0 radical (unpaired) electrons. The number of piperidine rings is 1. The molecule has 1 amide bonds. The van der Waals surface area contributed by atoms with Crippen LogP contribution >= 0.6 is 0 Å². The summed E-state index contributed by atoms with van der Waals surface area (Å²) < 4.78 is 24.7. The van der Waals surface area contributed by atoms with Gasteiger partial charge in [0.25, 0.3) is 5.91 Å². The molecule has 0 aliphatic carbocycles. The average Bonchev–Trinajstić information content (AvgIpc) is 3.56. The normalized spacial score (nSPS) is 18.4. The third-order valence-electron chi connectivity index (χ3n) is 8.18. The molecule has 9 heteroatoms. The Morgan fingerprint density at radius 3 is 2.74 bits per heavy atom. The van der Waals surface area contributed by atoms with E-state index in [0.29, 0.717) is 56.5 Å². The Hall–Kier alpha value is -3.82. The van der Waals surface area contributed by atoms with Crippen LogP contribution in [-0.4, -0.2) is 74.5 Å². The monoisotopic (exact) mass is 575 g/mol. The Balaban J connectivity index is 1.30. The van der Waals surface area contributed by atoms with E-state index in [1.807, 2.05) is 61.0 Å². The smallest absolute Gasteiger partial charge is 0.355 e. The Bertz CT molecular complexity index is 1390. The Labute approximate surface area is 247 Å². The van der Waals surface area contributed by atoms with E-state index in [1.165, 1.54) is 5.56 Å². The van der Waals surface area contributed by atoms with Gasteiger partial charge in [-0.25, -0.2) is 4.79 Å². The molecular weight excluding hydrogens is 534 g/mol. The van der Waals surface area contributed by atoms with Crippen molar-refractivity contribution < 1.29 is 28.5 Å². The molecule has 1 N–H and O–H groups in total. The minimum atomic E-state index is -0.277. The second-order valence-electron chi connectivity index (χ2n) is 10.9. The lowest BCUT2D eigenvalue weighted by Gasteiger charge is -2.39. The van der Waals surface area contributed by atoms with E-state index in [9.17, 15) is 9.59 Å². The highest BCUT2D eigenvalue weighted by Crippen LogP contribution is 2.35. The van der Waals surface area contributed by atoms with E-state index in [4.69, 9.17) is 18.9 Å². The maximum absolute atomic E-state index is 12.6. The summed E-state index contributed by atoms with van der Waals surface area (Å²) in [5, 5.41) is 2.87. The highest BCUT2D eigenvalue weighted by atomic mass is 16.5. The van der Waals surface area contributed by atoms with Gasteiger partial charge in [0.05, 0.1) is 19.8 Å². The number of nitrogens with zero attached hydrogens (tertiary/aromatic N) is 2. The zero-order chi connectivity index (χ0) is 29.5. The molecular formula is C33H41N3O6. The topological polar surface area (TPSA) is 91.3 Å². The molecule has 1 saturated heterocycles. The number of carbonyl (C=O) groups is 2. The van der Waals surface area contributed by atoms with Crippen LogP contribution in [0.25, 0.3) is 0 Å². The molecule has 3 heterocycles. The van der Waals surface area contributed by atoms with Crippen molar-refractivity contribution in [2.45, 2.75) is 39.3 Å². The molecule has 1 aromatic heterocycles. The van der Waals surface area contributed by atoms with Crippen LogP contribution in [0.5, 0.6) is 11.5 Å². The molecule has 0 saturated carbocycles. The van der Waals surface area contributed by atoms with Gasteiger partial charge in [0.2, 0.25) is 0 Å². The number of fused-ring (bicyclic) bond motifs is 1. The number of amides is 1. The van der Waals surface area contributed by atoms with E-state index in [0.717, 1.165) is 42.9 Å². The number of nitrogens with one attached hydrogen (secondary N) is 1. The average molecular weight is 576 g/mol. The van der Waals surface area contributed by atoms with Crippen LogP contribution in [0.2, 0.25) is 0 Å². The summed E-state index contributed by atoms with van der Waals surface area (Å²) >= 11 is 0. The minimum Gasteiger partial charge on any atom is -0.493 e. The SMILES string of the molecule is CCOC(=O)c1c(C)ccn1CCN1CC[C@@H](c2cccc(OCCOC)c2)[C@H](COc2ccc3c(c2)C(=O)NC3)C1. The molecule has 42 heavy (non-hydrogen) atoms. The van der Waals surface area contributed by atoms with Crippen LogP contribution < -0.4 is 14.8 Å². The fourth-order valence-corrected chi connectivity index (χ4v) is 5.98. The molecule has 0 bridgehead atoms. The third-order valence-corrected chi connectivity index (χ3v) is 8.18. The van der Waals surface area contributed by atoms with Crippen molar-refractivity contribution in [1.82, 2.24) is 14.8 Å². The number of rotatable bonds is 13. The summed E-state index contributed by atoms with van der Waals surface area (Å²) in [6, 6.07) is 16.1. The fourth-order valence-electron chi connectivity index (χ4n) is 5.98. The summed E-state index contributed by atoms with van der Waals surface area (Å²) in [6.07, 6.45) is 2.94. The predicted molar refractivity (Wildman–Crippen MR) is 159 cm³/mol. The summed E-state index contributed by atoms with van der Waals surface area (Å²) in [4.78, 5) is 27.2. The van der Waals surface area contributed by atoms with Gasteiger partial charge in [0.1, 0.15) is 23.8 Å². The molecule has 2 aliphatic rings. The van der Waals surface area contributed by atoms with Crippen LogP contribution in [0.3, 0.4) is 0 Å². The lowest BCUT2D eigenvalue weighted by Crippen LogP contribution is -2.43. The highest BCUT2D eigenvalue weighted by molar-refractivity contribution is 5.98. The van der Waals surface area contributed by atoms with Gasteiger partial charge in [-0.05, 0) is 79.8 Å². The first-order valence-electron chi connectivity index (χ1n) is 14.8. The number of esters is 1. The van der Waals surface area contributed by atoms with Crippen molar-refractivity contribution in [2.75, 3.05) is 53.2 Å². The number of aryl methyl sites for hydroxylation is 1. The van der Waals surface area contributed by atoms with Crippen LogP contribution in [-0.2, 0) is 22.6 Å². The molecule has 9 nitrogen and oxygen atoms in total. The molecule has 0 spiro atoms. The number of methoxy groups -OCH3 is 1. The summed E-state index contributed by atoms with van der Waals surface area (Å²) in [5.74, 6) is 1.72. The number of hydrogen-bond acceptors (Lipinski definition) is 7. The van der Waals surface area contributed by atoms with Crippen molar-refractivity contribution >= 4 is 11.9 Å². The Morgan fingerprint density at radius 2 is 1.90 bits per heavy atom. The molecule has 2 aromatic carbocycles. The minimum absolute atomic E-state index is 0.0510. The third kappa shape index (κ3) is 6.97. The first-order valence-corrected chi connectivity index (χ1v) is 14.8. The summed E-state index contributed by atoms with van der Waals surface area (Å²) in [6.45, 7) is 9.54. The number of aromatic nitrogens is 1. The van der Waals surface area contributed by atoms with Crippen molar-refractivity contribution in [3.63, 3.8) is 0 Å². The molecule has 1 fully saturated rings. The van der Waals surface area contributed by atoms with Crippen LogP contribution in [0, 0.1) is 12.8 Å². The van der Waals surface area contributed by atoms with E-state index in [1.54, 1.807) is 7.11 Å². The largest absolute Gasteiger partial charge is 0.493 e. The maximum Gasteiger partial charge on any atom is 0.355 e. The van der Waals surface area contributed by atoms with Gasteiger partial charge < -0.3 is 33.7 Å². The molecule has 3 aromatic rings. The molecule has 5 rings (SSSR count). The van der Waals surface area contributed by atoms with E-state index >= 15 is 0 Å². The fraction of sp³-hybridized carbons (Fsp3) is 0.455. The van der Waals surface area contributed by atoms with Crippen LogP contribution in [0.1, 0.15) is 56.8 Å². The van der Waals surface area contributed by atoms with Gasteiger partial charge >= 0.3 is 5.97 Å². The van der Waals surface area contributed by atoms with E-state index in [-0.39, 0.29) is 23.7 Å². The van der Waals surface area contributed by atoms with Gasteiger partial charge in [-0.15, -0.1) is 0 Å².